The van der Waals surface area contributed by atoms with Gasteiger partial charge >= 0.3 is 0 Å². The van der Waals surface area contributed by atoms with E-state index in [0.717, 1.165) is 24.6 Å². The van der Waals surface area contributed by atoms with Gasteiger partial charge in [-0.1, -0.05) is 51.6 Å². The van der Waals surface area contributed by atoms with Crippen molar-refractivity contribution in [2.75, 3.05) is 5.33 Å². The fraction of sp³-hybridized carbons (Fsp3) is 1.00. The number of rotatable bonds is 5. The van der Waals surface area contributed by atoms with Crippen molar-refractivity contribution in [3.63, 3.8) is 0 Å². The van der Waals surface area contributed by atoms with E-state index in [2.05, 4.69) is 38.8 Å². The summed E-state index contributed by atoms with van der Waals surface area (Å²) in [6, 6.07) is 0. The molecule has 0 aromatic heterocycles. The van der Waals surface area contributed by atoms with Crippen molar-refractivity contribution < 1.29 is 5.11 Å². The lowest BCUT2D eigenvalue weighted by molar-refractivity contribution is 0.0833. The molecule has 2 atom stereocenters. The third kappa shape index (κ3) is 4.69. The summed E-state index contributed by atoms with van der Waals surface area (Å²) >= 11 is 6.57. The molecule has 0 aliphatic heterocycles. The minimum Gasteiger partial charge on any atom is -0.232 e. The zero-order valence-electron chi connectivity index (χ0n) is 6.15. The van der Waals surface area contributed by atoms with Crippen molar-refractivity contribution in [1.82, 2.24) is 0 Å². The van der Waals surface area contributed by atoms with Crippen LogP contribution in [0.3, 0.4) is 0 Å². The predicted molar refractivity (Wildman–Crippen MR) is 50.5 cm³/mol. The highest BCUT2D eigenvalue weighted by Crippen LogP contribution is 2.14. The monoisotopic (exact) mass is 271 g/mol. The third-order valence-corrected chi connectivity index (χ3v) is 3.87. The maximum absolute atomic E-state index is 11.1. The van der Waals surface area contributed by atoms with Crippen molar-refractivity contribution in [3.8, 4) is 0 Å². The Kier molecular flexibility index (Phi) is 7.23. The highest BCUT2D eigenvalue weighted by atomic mass is 79.9. The Labute approximate surface area is 79.5 Å². The molecule has 61 valence electrons. The molecule has 0 aromatic rings. The van der Waals surface area contributed by atoms with Gasteiger partial charge in [-0.3, -0.25) is 0 Å². The predicted octanol–water partition coefficient (Wildman–Crippen LogP) is 3.13. The van der Waals surface area contributed by atoms with Crippen molar-refractivity contribution >= 4 is 31.9 Å². The number of hydrogen-bond donors (Lipinski definition) is 0. The molecule has 0 aliphatic rings. The van der Waals surface area contributed by atoms with Crippen LogP contribution < -0.4 is 0 Å². The quantitative estimate of drug-likeness (QED) is 0.686. The van der Waals surface area contributed by atoms with Gasteiger partial charge in [0.2, 0.25) is 0 Å². The molecule has 0 saturated carbocycles. The van der Waals surface area contributed by atoms with Crippen molar-refractivity contribution in [2.24, 2.45) is 0 Å². The summed E-state index contributed by atoms with van der Waals surface area (Å²) in [5.41, 5.74) is 0. The standard InChI is InChI=1S/C7H13Br2O/c1-2-3-4-7(10)6(9)5-8/h6-7H,2-5H2,1H3. The van der Waals surface area contributed by atoms with Crippen molar-refractivity contribution in [3.05, 3.63) is 0 Å². The van der Waals surface area contributed by atoms with Gasteiger partial charge in [0.15, 0.2) is 0 Å². The largest absolute Gasteiger partial charge is 0.232 e. The topological polar surface area (TPSA) is 19.9 Å². The van der Waals surface area contributed by atoms with Gasteiger partial charge in [-0.05, 0) is 6.42 Å². The van der Waals surface area contributed by atoms with E-state index in [1.54, 1.807) is 0 Å². The molecule has 0 aromatic carbocycles. The van der Waals surface area contributed by atoms with Crippen LogP contribution >= 0.6 is 31.9 Å². The minimum atomic E-state index is -0.445. The van der Waals surface area contributed by atoms with E-state index in [1.807, 2.05) is 0 Å². The maximum Gasteiger partial charge on any atom is 0.106 e. The molecular weight excluding hydrogens is 260 g/mol. The number of halogens is 2. The van der Waals surface area contributed by atoms with Crippen LogP contribution in [0.1, 0.15) is 26.2 Å². The van der Waals surface area contributed by atoms with Crippen LogP contribution in [0.25, 0.3) is 0 Å². The zero-order valence-corrected chi connectivity index (χ0v) is 9.32. The van der Waals surface area contributed by atoms with Crippen LogP contribution in [-0.2, 0) is 5.11 Å². The van der Waals surface area contributed by atoms with Crippen LogP contribution in [-0.4, -0.2) is 16.3 Å². The molecule has 0 saturated heterocycles. The number of hydrogen-bond acceptors (Lipinski definition) is 0. The second-order valence-corrected chi connectivity index (χ2v) is 4.17. The molecule has 0 spiro atoms. The Morgan fingerprint density at radius 1 is 1.50 bits per heavy atom. The summed E-state index contributed by atoms with van der Waals surface area (Å²) in [6.45, 7) is 2.10. The molecule has 2 unspecified atom stereocenters. The van der Waals surface area contributed by atoms with Gasteiger partial charge in [0, 0.05) is 5.33 Å². The van der Waals surface area contributed by atoms with E-state index in [4.69, 9.17) is 0 Å². The van der Waals surface area contributed by atoms with Crippen LogP contribution in [0.5, 0.6) is 0 Å². The molecule has 10 heavy (non-hydrogen) atoms. The Morgan fingerprint density at radius 2 is 2.10 bits per heavy atom. The highest BCUT2D eigenvalue weighted by Gasteiger charge is 2.14. The number of unbranched alkanes of at least 4 members (excludes halogenated alkanes) is 1. The average Bonchev–Trinajstić information content (AvgIpc) is 1.98. The van der Waals surface area contributed by atoms with Crippen LogP contribution in [0, 0.1) is 0 Å². The van der Waals surface area contributed by atoms with Gasteiger partial charge in [-0.25, -0.2) is 5.11 Å². The summed E-state index contributed by atoms with van der Waals surface area (Å²) in [7, 11) is 0. The van der Waals surface area contributed by atoms with Crippen molar-refractivity contribution in [2.45, 2.75) is 37.1 Å². The molecule has 0 amide bonds. The van der Waals surface area contributed by atoms with Gasteiger partial charge in [0.25, 0.3) is 0 Å². The van der Waals surface area contributed by atoms with E-state index >= 15 is 0 Å². The van der Waals surface area contributed by atoms with E-state index in [9.17, 15) is 5.11 Å². The third-order valence-electron chi connectivity index (χ3n) is 1.39. The highest BCUT2D eigenvalue weighted by molar-refractivity contribution is 9.12. The summed E-state index contributed by atoms with van der Waals surface area (Å²) in [4.78, 5) is 0.0963. The number of alkyl halides is 2. The molecule has 0 aliphatic carbocycles. The minimum absolute atomic E-state index is 0.0963. The first-order valence-electron chi connectivity index (χ1n) is 3.58. The van der Waals surface area contributed by atoms with E-state index in [0.29, 0.717) is 0 Å². The van der Waals surface area contributed by atoms with Crippen LogP contribution in [0.4, 0.5) is 0 Å². The lowest BCUT2D eigenvalue weighted by Gasteiger charge is -2.10. The van der Waals surface area contributed by atoms with Gasteiger partial charge < -0.3 is 0 Å². The van der Waals surface area contributed by atoms with Gasteiger partial charge in [0.1, 0.15) is 6.10 Å². The average molecular weight is 273 g/mol. The molecule has 3 heteroatoms. The lowest BCUT2D eigenvalue weighted by Crippen LogP contribution is -2.19. The van der Waals surface area contributed by atoms with Gasteiger partial charge in [-0.15, -0.1) is 0 Å². The summed E-state index contributed by atoms with van der Waals surface area (Å²) in [5, 5.41) is 11.9. The zero-order chi connectivity index (χ0) is 7.98. The first-order valence-corrected chi connectivity index (χ1v) is 5.62. The Hall–Kier alpha value is 0.920. The second-order valence-electron chi connectivity index (χ2n) is 2.35. The molecule has 1 radical (unpaired) electrons. The molecule has 1 nitrogen and oxygen atoms in total. The SMILES string of the molecule is CCCCC([O])C(Br)CBr. The first kappa shape index (κ1) is 10.9. The summed E-state index contributed by atoms with van der Waals surface area (Å²) in [6.07, 6.45) is 2.50. The Morgan fingerprint density at radius 3 is 2.50 bits per heavy atom. The summed E-state index contributed by atoms with van der Waals surface area (Å²) in [5.74, 6) is 0. The fourth-order valence-corrected chi connectivity index (χ4v) is 1.37. The molecule has 0 N–H and O–H groups in total. The Bertz CT molecular complexity index is 78.0. The fourth-order valence-electron chi connectivity index (χ4n) is 0.686. The van der Waals surface area contributed by atoms with Crippen LogP contribution in [0.2, 0.25) is 0 Å². The second kappa shape index (κ2) is 6.62. The van der Waals surface area contributed by atoms with E-state index in [1.165, 1.54) is 0 Å². The van der Waals surface area contributed by atoms with E-state index in [-0.39, 0.29) is 4.83 Å². The van der Waals surface area contributed by atoms with Crippen LogP contribution in [0.15, 0.2) is 0 Å². The summed E-state index contributed by atoms with van der Waals surface area (Å²) < 4.78 is 0. The van der Waals surface area contributed by atoms with Crippen molar-refractivity contribution in [1.29, 1.82) is 0 Å². The van der Waals surface area contributed by atoms with Gasteiger partial charge in [-0.2, -0.15) is 0 Å². The molecule has 0 bridgehead atoms. The lowest BCUT2D eigenvalue weighted by atomic mass is 10.1. The first-order chi connectivity index (χ1) is 4.72. The van der Waals surface area contributed by atoms with E-state index < -0.39 is 6.10 Å². The maximum atomic E-state index is 11.1. The molecule has 0 fully saturated rings. The molecule has 0 rings (SSSR count). The normalized spacial score (nSPS) is 16.8. The smallest absolute Gasteiger partial charge is 0.106 e. The Balaban J connectivity index is 3.31. The molecular formula is C7H13Br2O. The molecule has 0 heterocycles. The van der Waals surface area contributed by atoms with Gasteiger partial charge in [0.05, 0.1) is 4.83 Å².